The third-order valence-corrected chi connectivity index (χ3v) is 5.67. The van der Waals surface area contributed by atoms with E-state index in [2.05, 4.69) is 5.10 Å². The highest BCUT2D eigenvalue weighted by Gasteiger charge is 2.30. The molecule has 1 fully saturated rings. The van der Waals surface area contributed by atoms with Crippen LogP contribution >= 0.6 is 0 Å². The van der Waals surface area contributed by atoms with E-state index in [1.165, 1.54) is 0 Å². The Morgan fingerprint density at radius 1 is 1.05 bits per heavy atom. The van der Waals surface area contributed by atoms with Crippen LogP contribution < -0.4 is 0 Å². The zero-order valence-corrected chi connectivity index (χ0v) is 12.9. The van der Waals surface area contributed by atoms with Crippen molar-refractivity contribution in [2.24, 2.45) is 7.05 Å². The molecule has 0 N–H and O–H groups in total. The molecule has 2 aromatic rings. The number of benzene rings is 1. The van der Waals surface area contributed by atoms with E-state index in [0.717, 1.165) is 24.8 Å². The number of piperidine rings is 1. The number of rotatable bonds is 3. The maximum Gasteiger partial charge on any atom is 0.246 e. The summed E-state index contributed by atoms with van der Waals surface area (Å²) < 4.78 is 28.9. The largest absolute Gasteiger partial charge is 0.274 e. The Morgan fingerprint density at radius 3 is 2.38 bits per heavy atom. The van der Waals surface area contributed by atoms with E-state index in [1.54, 1.807) is 22.2 Å². The van der Waals surface area contributed by atoms with Crippen molar-refractivity contribution in [2.45, 2.75) is 24.2 Å². The van der Waals surface area contributed by atoms with Crippen LogP contribution in [0.5, 0.6) is 0 Å². The number of nitrogens with zero attached hydrogens (tertiary/aromatic N) is 3. The van der Waals surface area contributed by atoms with Crippen LogP contribution in [0.2, 0.25) is 0 Å². The monoisotopic (exact) mass is 305 g/mol. The van der Waals surface area contributed by atoms with Gasteiger partial charge in [-0.05, 0) is 12.8 Å². The molecule has 3 rings (SSSR count). The molecule has 1 aliphatic heterocycles. The zero-order chi connectivity index (χ0) is 14.9. The second-order valence-electron chi connectivity index (χ2n) is 5.35. The van der Waals surface area contributed by atoms with Gasteiger partial charge in [0, 0.05) is 31.9 Å². The molecule has 0 radical (unpaired) electrons. The molecule has 1 aromatic carbocycles. The van der Waals surface area contributed by atoms with Crippen molar-refractivity contribution in [1.29, 1.82) is 0 Å². The molecule has 0 spiro atoms. The lowest BCUT2D eigenvalue weighted by molar-refractivity contribution is 0.347. The molecule has 0 unspecified atom stereocenters. The molecule has 2 heterocycles. The molecule has 21 heavy (non-hydrogen) atoms. The van der Waals surface area contributed by atoms with Crippen molar-refractivity contribution in [3.63, 3.8) is 0 Å². The maximum absolute atomic E-state index is 12.9. The Morgan fingerprint density at radius 2 is 1.71 bits per heavy atom. The Hall–Kier alpha value is -1.66. The normalized spacial score (nSPS) is 17.0. The summed E-state index contributed by atoms with van der Waals surface area (Å²) in [6.45, 7) is 1.21. The molecule has 6 heteroatoms. The quantitative estimate of drug-likeness (QED) is 0.874. The lowest BCUT2D eigenvalue weighted by Gasteiger charge is -2.25. The topological polar surface area (TPSA) is 55.2 Å². The minimum atomic E-state index is -3.47. The average molecular weight is 305 g/mol. The molecule has 112 valence electrons. The minimum absolute atomic E-state index is 0.304. The fourth-order valence-corrected chi connectivity index (χ4v) is 4.40. The molecule has 0 atom stereocenters. The van der Waals surface area contributed by atoms with Gasteiger partial charge in [-0.1, -0.05) is 36.8 Å². The van der Waals surface area contributed by atoms with Gasteiger partial charge >= 0.3 is 0 Å². The summed E-state index contributed by atoms with van der Waals surface area (Å²) in [5, 5.41) is 4.35. The van der Waals surface area contributed by atoms with E-state index in [-0.39, 0.29) is 0 Å². The van der Waals surface area contributed by atoms with E-state index in [0.29, 0.717) is 23.7 Å². The van der Waals surface area contributed by atoms with E-state index in [1.807, 2.05) is 30.3 Å². The Kier molecular flexibility index (Phi) is 3.82. The van der Waals surface area contributed by atoms with Gasteiger partial charge in [-0.2, -0.15) is 9.40 Å². The molecule has 1 aliphatic rings. The first-order valence-corrected chi connectivity index (χ1v) is 8.62. The summed E-state index contributed by atoms with van der Waals surface area (Å²) in [7, 11) is -1.72. The number of aryl methyl sites for hydroxylation is 1. The summed E-state index contributed by atoms with van der Waals surface area (Å²) in [6.07, 6.45) is 4.57. The summed E-state index contributed by atoms with van der Waals surface area (Å²) in [5.41, 5.74) is 1.36. The van der Waals surface area contributed by atoms with Gasteiger partial charge in [0.1, 0.15) is 10.6 Å². The van der Waals surface area contributed by atoms with E-state index in [9.17, 15) is 8.42 Å². The molecule has 0 aliphatic carbocycles. The molecule has 0 saturated carbocycles. The number of hydrogen-bond donors (Lipinski definition) is 0. The third kappa shape index (κ3) is 2.73. The van der Waals surface area contributed by atoms with Gasteiger partial charge in [0.25, 0.3) is 0 Å². The molecule has 0 bridgehead atoms. The van der Waals surface area contributed by atoms with E-state index < -0.39 is 10.0 Å². The Bertz CT molecular complexity index is 717. The molecule has 5 nitrogen and oxygen atoms in total. The summed E-state index contributed by atoms with van der Waals surface area (Å²) in [5.74, 6) is 0. The van der Waals surface area contributed by atoms with Crippen LogP contribution in [0.3, 0.4) is 0 Å². The standard InChI is InChI=1S/C15H19N3O2S/c1-17-12-14(15(16-17)13-8-4-2-5-9-13)21(19,20)18-10-6-3-7-11-18/h2,4-5,8-9,12H,3,6-7,10-11H2,1H3. The number of aromatic nitrogens is 2. The highest BCUT2D eigenvalue weighted by atomic mass is 32.2. The first-order valence-electron chi connectivity index (χ1n) is 7.18. The average Bonchev–Trinajstić information content (AvgIpc) is 2.92. The van der Waals surface area contributed by atoms with Crippen LogP contribution in [0.15, 0.2) is 41.4 Å². The molecule has 1 saturated heterocycles. The highest BCUT2D eigenvalue weighted by Crippen LogP contribution is 2.29. The van der Waals surface area contributed by atoms with Gasteiger partial charge in [-0.3, -0.25) is 4.68 Å². The van der Waals surface area contributed by atoms with Crippen LogP contribution in [-0.2, 0) is 17.1 Å². The minimum Gasteiger partial charge on any atom is -0.274 e. The fourth-order valence-electron chi connectivity index (χ4n) is 2.70. The second kappa shape index (κ2) is 5.61. The third-order valence-electron chi connectivity index (χ3n) is 3.78. The van der Waals surface area contributed by atoms with Gasteiger partial charge < -0.3 is 0 Å². The van der Waals surface area contributed by atoms with Crippen LogP contribution in [-0.4, -0.2) is 35.6 Å². The van der Waals surface area contributed by atoms with Crippen LogP contribution in [0, 0.1) is 0 Å². The van der Waals surface area contributed by atoms with E-state index in [4.69, 9.17) is 0 Å². The smallest absolute Gasteiger partial charge is 0.246 e. The van der Waals surface area contributed by atoms with Gasteiger partial charge in [-0.15, -0.1) is 0 Å². The molecule has 1 aromatic heterocycles. The predicted molar refractivity (Wildman–Crippen MR) is 81.3 cm³/mol. The Labute approximate surface area is 125 Å². The second-order valence-corrected chi connectivity index (χ2v) is 7.25. The predicted octanol–water partition coefficient (Wildman–Crippen LogP) is 2.26. The zero-order valence-electron chi connectivity index (χ0n) is 12.1. The van der Waals surface area contributed by atoms with Gasteiger partial charge in [0.15, 0.2) is 0 Å². The van der Waals surface area contributed by atoms with Crippen molar-refractivity contribution in [1.82, 2.24) is 14.1 Å². The van der Waals surface area contributed by atoms with Crippen molar-refractivity contribution >= 4 is 10.0 Å². The van der Waals surface area contributed by atoms with Gasteiger partial charge in [0.2, 0.25) is 10.0 Å². The van der Waals surface area contributed by atoms with Crippen molar-refractivity contribution in [3.8, 4) is 11.3 Å². The van der Waals surface area contributed by atoms with Crippen molar-refractivity contribution in [3.05, 3.63) is 36.5 Å². The SMILES string of the molecule is Cn1cc(S(=O)(=O)N2CCCCC2)c(-c2ccccc2)n1. The summed E-state index contributed by atoms with van der Waals surface area (Å²) in [4.78, 5) is 0.304. The van der Waals surface area contributed by atoms with Crippen molar-refractivity contribution < 1.29 is 8.42 Å². The van der Waals surface area contributed by atoms with Crippen LogP contribution in [0.1, 0.15) is 19.3 Å². The van der Waals surface area contributed by atoms with Crippen LogP contribution in [0.25, 0.3) is 11.3 Å². The lowest BCUT2D eigenvalue weighted by atomic mass is 10.2. The highest BCUT2D eigenvalue weighted by molar-refractivity contribution is 7.89. The van der Waals surface area contributed by atoms with Gasteiger partial charge in [-0.25, -0.2) is 8.42 Å². The number of sulfonamides is 1. The van der Waals surface area contributed by atoms with Crippen molar-refractivity contribution in [2.75, 3.05) is 13.1 Å². The fraction of sp³-hybridized carbons (Fsp3) is 0.400. The summed E-state index contributed by atoms with van der Waals surface area (Å²) in [6, 6.07) is 9.46. The maximum atomic E-state index is 12.9. The first kappa shape index (κ1) is 14.3. The first-order chi connectivity index (χ1) is 10.1. The molecule has 0 amide bonds. The van der Waals surface area contributed by atoms with E-state index >= 15 is 0 Å². The lowest BCUT2D eigenvalue weighted by Crippen LogP contribution is -2.35. The number of hydrogen-bond acceptors (Lipinski definition) is 3. The molecular weight excluding hydrogens is 286 g/mol. The summed E-state index contributed by atoms with van der Waals surface area (Å²) >= 11 is 0. The molecular formula is C15H19N3O2S. The van der Waals surface area contributed by atoms with Gasteiger partial charge in [0.05, 0.1) is 0 Å². The van der Waals surface area contributed by atoms with Crippen LogP contribution in [0.4, 0.5) is 0 Å². The Balaban J connectivity index is 2.06.